The SMILES string of the molecule is FC(F)(F)CCNc1cnccc1Cl. The summed E-state index contributed by atoms with van der Waals surface area (Å²) in [6.07, 6.45) is -2.18. The zero-order valence-electron chi connectivity index (χ0n) is 7.11. The lowest BCUT2D eigenvalue weighted by molar-refractivity contribution is -0.131. The first-order valence-corrected chi connectivity index (χ1v) is 4.27. The van der Waals surface area contributed by atoms with Crippen LogP contribution in [0.25, 0.3) is 0 Å². The molecule has 0 spiro atoms. The Bertz CT molecular complexity index is 301. The van der Waals surface area contributed by atoms with Crippen LogP contribution in [0.15, 0.2) is 18.5 Å². The molecule has 0 atom stereocenters. The predicted octanol–water partition coefficient (Wildman–Crippen LogP) is 3.10. The van der Waals surface area contributed by atoms with Crippen LogP contribution in [-0.4, -0.2) is 17.7 Å². The molecule has 14 heavy (non-hydrogen) atoms. The Morgan fingerprint density at radius 1 is 1.43 bits per heavy atom. The van der Waals surface area contributed by atoms with E-state index < -0.39 is 12.6 Å². The molecule has 0 saturated heterocycles. The van der Waals surface area contributed by atoms with Crippen LogP contribution in [0.4, 0.5) is 18.9 Å². The number of rotatable bonds is 3. The fourth-order valence-electron chi connectivity index (χ4n) is 0.846. The molecule has 0 aliphatic heterocycles. The van der Waals surface area contributed by atoms with Gasteiger partial charge >= 0.3 is 6.18 Å². The highest BCUT2D eigenvalue weighted by Gasteiger charge is 2.26. The van der Waals surface area contributed by atoms with Crippen LogP contribution in [0.5, 0.6) is 0 Å². The number of hydrogen-bond donors (Lipinski definition) is 1. The maximum Gasteiger partial charge on any atom is 0.390 e. The molecule has 1 aromatic heterocycles. The predicted molar refractivity (Wildman–Crippen MR) is 48.4 cm³/mol. The van der Waals surface area contributed by atoms with Crippen LogP contribution in [-0.2, 0) is 0 Å². The van der Waals surface area contributed by atoms with E-state index in [4.69, 9.17) is 11.6 Å². The van der Waals surface area contributed by atoms with Gasteiger partial charge in [0.2, 0.25) is 0 Å². The fourth-order valence-corrected chi connectivity index (χ4v) is 1.02. The zero-order chi connectivity index (χ0) is 10.6. The van der Waals surface area contributed by atoms with Gasteiger partial charge < -0.3 is 5.32 Å². The second kappa shape index (κ2) is 4.50. The summed E-state index contributed by atoms with van der Waals surface area (Å²) in [6.45, 7) is -0.199. The number of pyridine rings is 1. The van der Waals surface area contributed by atoms with Gasteiger partial charge in [-0.05, 0) is 6.07 Å². The minimum absolute atomic E-state index is 0.199. The Balaban J connectivity index is 2.43. The van der Waals surface area contributed by atoms with Crippen LogP contribution in [0.3, 0.4) is 0 Å². The highest BCUT2D eigenvalue weighted by atomic mass is 35.5. The van der Waals surface area contributed by atoms with E-state index in [1.165, 1.54) is 18.5 Å². The number of anilines is 1. The van der Waals surface area contributed by atoms with Gasteiger partial charge in [-0.25, -0.2) is 0 Å². The van der Waals surface area contributed by atoms with Crippen LogP contribution < -0.4 is 5.32 Å². The number of aromatic nitrogens is 1. The highest BCUT2D eigenvalue weighted by molar-refractivity contribution is 6.33. The normalized spacial score (nSPS) is 11.4. The van der Waals surface area contributed by atoms with E-state index in [9.17, 15) is 13.2 Å². The van der Waals surface area contributed by atoms with Crippen LogP contribution >= 0.6 is 11.6 Å². The van der Waals surface area contributed by atoms with Crippen molar-refractivity contribution < 1.29 is 13.2 Å². The van der Waals surface area contributed by atoms with E-state index in [1.54, 1.807) is 0 Å². The molecule has 0 radical (unpaired) electrons. The van der Waals surface area contributed by atoms with Crippen molar-refractivity contribution >= 4 is 17.3 Å². The van der Waals surface area contributed by atoms with Crippen LogP contribution in [0, 0.1) is 0 Å². The molecule has 0 saturated carbocycles. The monoisotopic (exact) mass is 224 g/mol. The Morgan fingerprint density at radius 2 is 2.14 bits per heavy atom. The van der Waals surface area contributed by atoms with E-state index >= 15 is 0 Å². The highest BCUT2D eigenvalue weighted by Crippen LogP contribution is 2.22. The second-order valence-corrected chi connectivity index (χ2v) is 3.05. The topological polar surface area (TPSA) is 24.9 Å². The van der Waals surface area contributed by atoms with Gasteiger partial charge in [0.1, 0.15) is 0 Å². The van der Waals surface area contributed by atoms with E-state index in [0.717, 1.165) is 0 Å². The minimum atomic E-state index is -4.15. The van der Waals surface area contributed by atoms with Crippen LogP contribution in [0.2, 0.25) is 5.02 Å². The Kier molecular flexibility index (Phi) is 3.57. The Hall–Kier alpha value is -0.970. The second-order valence-electron chi connectivity index (χ2n) is 2.65. The largest absolute Gasteiger partial charge is 0.390 e. The average Bonchev–Trinajstić information content (AvgIpc) is 2.06. The van der Waals surface area contributed by atoms with Crippen molar-refractivity contribution in [2.45, 2.75) is 12.6 Å². The van der Waals surface area contributed by atoms with Gasteiger partial charge in [-0.2, -0.15) is 13.2 Å². The number of nitrogens with one attached hydrogen (secondary N) is 1. The molecule has 1 N–H and O–H groups in total. The standard InChI is InChI=1S/C8H8ClF3N2/c9-6-1-3-13-5-7(6)14-4-2-8(10,11)12/h1,3,5,14H,2,4H2. The number of hydrogen-bond acceptors (Lipinski definition) is 2. The summed E-state index contributed by atoms with van der Waals surface area (Å²) in [4.78, 5) is 3.73. The third-order valence-corrected chi connectivity index (χ3v) is 1.82. The van der Waals surface area contributed by atoms with Gasteiger partial charge in [0.25, 0.3) is 0 Å². The first-order chi connectivity index (χ1) is 6.49. The lowest BCUT2D eigenvalue weighted by Crippen LogP contribution is -2.14. The van der Waals surface area contributed by atoms with Crippen molar-refractivity contribution in [1.82, 2.24) is 4.98 Å². The number of halogens is 4. The summed E-state index contributed by atoms with van der Waals surface area (Å²) < 4.78 is 35.3. The summed E-state index contributed by atoms with van der Waals surface area (Å²) in [5, 5.41) is 2.92. The third kappa shape index (κ3) is 3.83. The van der Waals surface area contributed by atoms with Crippen molar-refractivity contribution in [2.75, 3.05) is 11.9 Å². The molecule has 1 aromatic rings. The number of alkyl halides is 3. The quantitative estimate of drug-likeness (QED) is 0.854. The fraction of sp³-hybridized carbons (Fsp3) is 0.375. The first kappa shape index (κ1) is 11.1. The average molecular weight is 225 g/mol. The lowest BCUT2D eigenvalue weighted by atomic mass is 10.3. The molecule has 0 aliphatic rings. The van der Waals surface area contributed by atoms with Crippen molar-refractivity contribution in [3.63, 3.8) is 0 Å². The van der Waals surface area contributed by atoms with Crippen molar-refractivity contribution in [3.8, 4) is 0 Å². The first-order valence-electron chi connectivity index (χ1n) is 3.89. The molecule has 1 heterocycles. The lowest BCUT2D eigenvalue weighted by Gasteiger charge is -2.09. The zero-order valence-corrected chi connectivity index (χ0v) is 7.86. The van der Waals surface area contributed by atoms with E-state index in [0.29, 0.717) is 10.7 Å². The molecule has 0 aromatic carbocycles. The Labute approximate surface area is 84.1 Å². The molecule has 0 amide bonds. The summed E-state index contributed by atoms with van der Waals surface area (Å²) in [5.74, 6) is 0. The smallest absolute Gasteiger partial charge is 0.382 e. The van der Waals surface area contributed by atoms with Crippen molar-refractivity contribution in [3.05, 3.63) is 23.5 Å². The van der Waals surface area contributed by atoms with Gasteiger partial charge in [0, 0.05) is 12.7 Å². The molecule has 0 unspecified atom stereocenters. The summed E-state index contributed by atoms with van der Waals surface area (Å²) >= 11 is 5.69. The molecule has 1 rings (SSSR count). The van der Waals surface area contributed by atoms with Crippen molar-refractivity contribution in [1.29, 1.82) is 0 Å². The third-order valence-electron chi connectivity index (χ3n) is 1.49. The van der Waals surface area contributed by atoms with E-state index in [2.05, 4.69) is 10.3 Å². The maximum absolute atomic E-state index is 11.8. The van der Waals surface area contributed by atoms with E-state index in [-0.39, 0.29) is 6.54 Å². The van der Waals surface area contributed by atoms with Gasteiger partial charge in [-0.3, -0.25) is 4.98 Å². The summed E-state index contributed by atoms with van der Waals surface area (Å²) in [7, 11) is 0. The summed E-state index contributed by atoms with van der Waals surface area (Å²) in [5.41, 5.74) is 0.415. The van der Waals surface area contributed by atoms with Crippen LogP contribution in [0.1, 0.15) is 6.42 Å². The molecule has 78 valence electrons. The summed E-state index contributed by atoms with van der Waals surface area (Å²) in [6, 6.07) is 1.51. The molecular weight excluding hydrogens is 217 g/mol. The van der Waals surface area contributed by atoms with Gasteiger partial charge in [-0.1, -0.05) is 11.6 Å². The molecule has 2 nitrogen and oxygen atoms in total. The molecule has 0 fully saturated rings. The minimum Gasteiger partial charge on any atom is -0.382 e. The van der Waals surface area contributed by atoms with Crippen molar-refractivity contribution in [2.24, 2.45) is 0 Å². The molecule has 6 heteroatoms. The molecule has 0 bridgehead atoms. The van der Waals surface area contributed by atoms with Gasteiger partial charge in [-0.15, -0.1) is 0 Å². The molecule has 0 aliphatic carbocycles. The number of nitrogens with zero attached hydrogens (tertiary/aromatic N) is 1. The Morgan fingerprint density at radius 3 is 2.71 bits per heavy atom. The molecular formula is C8H8ClF3N2. The maximum atomic E-state index is 11.8. The van der Waals surface area contributed by atoms with Gasteiger partial charge in [0.15, 0.2) is 0 Å². The van der Waals surface area contributed by atoms with Gasteiger partial charge in [0.05, 0.1) is 23.3 Å². The van der Waals surface area contributed by atoms with E-state index in [1.807, 2.05) is 0 Å².